The first kappa shape index (κ1) is 19.6. The number of amides is 1. The van der Waals surface area contributed by atoms with Gasteiger partial charge in [-0.2, -0.15) is 0 Å². The molecule has 6 nitrogen and oxygen atoms in total. The highest BCUT2D eigenvalue weighted by Crippen LogP contribution is 2.36. The molecule has 29 heavy (non-hydrogen) atoms. The van der Waals surface area contributed by atoms with Crippen LogP contribution in [0, 0.1) is 0 Å². The summed E-state index contributed by atoms with van der Waals surface area (Å²) in [7, 11) is 0. The molecule has 152 valence electrons. The summed E-state index contributed by atoms with van der Waals surface area (Å²) in [6, 6.07) is 12.7. The van der Waals surface area contributed by atoms with Crippen molar-refractivity contribution in [3.8, 4) is 10.4 Å². The molecule has 7 heteroatoms. The van der Waals surface area contributed by atoms with E-state index in [9.17, 15) is 4.79 Å². The monoisotopic (exact) mass is 410 g/mol. The van der Waals surface area contributed by atoms with E-state index in [2.05, 4.69) is 50.5 Å². The molecule has 1 saturated heterocycles. The molecule has 2 aromatic heterocycles. The number of thiophene rings is 1. The van der Waals surface area contributed by atoms with E-state index in [0.29, 0.717) is 0 Å². The SMILES string of the molecule is CC(C)(C)OC(=O)NC1CCN(c2ncnc3sc(-c4ccccc4)cc23)CC1. The third-order valence-electron chi connectivity index (χ3n) is 4.88. The van der Waals surface area contributed by atoms with E-state index in [1.807, 2.05) is 26.8 Å². The van der Waals surface area contributed by atoms with Crippen LogP contribution in [0.5, 0.6) is 0 Å². The lowest BCUT2D eigenvalue weighted by molar-refractivity contribution is 0.0497. The number of anilines is 1. The predicted octanol–water partition coefficient (Wildman–Crippen LogP) is 4.85. The van der Waals surface area contributed by atoms with Crippen LogP contribution >= 0.6 is 11.3 Å². The molecule has 1 amide bonds. The Morgan fingerprint density at radius 3 is 2.59 bits per heavy atom. The van der Waals surface area contributed by atoms with Crippen molar-refractivity contribution < 1.29 is 9.53 Å². The van der Waals surface area contributed by atoms with Crippen LogP contribution in [0.4, 0.5) is 10.6 Å². The first-order chi connectivity index (χ1) is 13.9. The van der Waals surface area contributed by atoms with Gasteiger partial charge in [-0.15, -0.1) is 11.3 Å². The summed E-state index contributed by atoms with van der Waals surface area (Å²) in [5, 5.41) is 4.08. The van der Waals surface area contributed by atoms with E-state index in [1.54, 1.807) is 17.7 Å². The molecule has 0 bridgehead atoms. The van der Waals surface area contributed by atoms with Crippen LogP contribution in [0.2, 0.25) is 0 Å². The molecule has 1 aliphatic rings. The van der Waals surface area contributed by atoms with Gasteiger partial charge in [-0.25, -0.2) is 14.8 Å². The fourth-order valence-corrected chi connectivity index (χ4v) is 4.55. The van der Waals surface area contributed by atoms with Crippen LogP contribution in [0.15, 0.2) is 42.7 Å². The topological polar surface area (TPSA) is 67.3 Å². The van der Waals surface area contributed by atoms with E-state index < -0.39 is 5.60 Å². The van der Waals surface area contributed by atoms with Crippen molar-refractivity contribution in [1.29, 1.82) is 0 Å². The summed E-state index contributed by atoms with van der Waals surface area (Å²) >= 11 is 1.69. The van der Waals surface area contributed by atoms with Crippen LogP contribution < -0.4 is 10.2 Å². The van der Waals surface area contributed by atoms with E-state index in [-0.39, 0.29) is 12.1 Å². The number of rotatable bonds is 3. The molecule has 3 heterocycles. The van der Waals surface area contributed by atoms with Crippen molar-refractivity contribution in [2.75, 3.05) is 18.0 Å². The minimum atomic E-state index is -0.479. The molecule has 0 aliphatic carbocycles. The van der Waals surface area contributed by atoms with Gasteiger partial charge in [0, 0.05) is 24.0 Å². The smallest absolute Gasteiger partial charge is 0.407 e. The normalized spacial score (nSPS) is 15.5. The Morgan fingerprint density at radius 1 is 1.17 bits per heavy atom. The Morgan fingerprint density at radius 2 is 1.90 bits per heavy atom. The Labute approximate surface area is 174 Å². The van der Waals surface area contributed by atoms with Crippen LogP contribution in [-0.2, 0) is 4.74 Å². The van der Waals surface area contributed by atoms with Crippen molar-refractivity contribution in [3.05, 3.63) is 42.7 Å². The second kappa shape index (κ2) is 7.99. The number of hydrogen-bond acceptors (Lipinski definition) is 6. The van der Waals surface area contributed by atoms with Crippen molar-refractivity contribution >= 4 is 33.5 Å². The van der Waals surface area contributed by atoms with Gasteiger partial charge in [0.05, 0.1) is 5.39 Å². The Bertz CT molecular complexity index is 989. The number of aromatic nitrogens is 2. The molecular formula is C22H26N4O2S. The molecule has 4 rings (SSSR count). The van der Waals surface area contributed by atoms with Crippen molar-refractivity contribution in [3.63, 3.8) is 0 Å². The van der Waals surface area contributed by atoms with Gasteiger partial charge in [-0.1, -0.05) is 30.3 Å². The Hall–Kier alpha value is -2.67. The van der Waals surface area contributed by atoms with Gasteiger partial charge >= 0.3 is 6.09 Å². The van der Waals surface area contributed by atoms with Gasteiger partial charge in [0.15, 0.2) is 0 Å². The molecule has 1 N–H and O–H groups in total. The molecule has 3 aromatic rings. The van der Waals surface area contributed by atoms with Gasteiger partial charge in [-0.05, 0) is 45.2 Å². The number of benzene rings is 1. The summed E-state index contributed by atoms with van der Waals surface area (Å²) in [4.78, 5) is 25.6. The van der Waals surface area contributed by atoms with Gasteiger partial charge in [0.1, 0.15) is 22.6 Å². The second-order valence-electron chi connectivity index (χ2n) is 8.30. The van der Waals surface area contributed by atoms with Crippen LogP contribution in [-0.4, -0.2) is 40.8 Å². The summed E-state index contributed by atoms with van der Waals surface area (Å²) in [6.45, 7) is 7.30. The zero-order valence-electron chi connectivity index (χ0n) is 17.0. The molecule has 0 spiro atoms. The van der Waals surface area contributed by atoms with Gasteiger partial charge in [0.25, 0.3) is 0 Å². The minimum absolute atomic E-state index is 0.126. The number of piperidine rings is 1. The van der Waals surface area contributed by atoms with E-state index in [4.69, 9.17) is 4.74 Å². The zero-order valence-corrected chi connectivity index (χ0v) is 17.8. The van der Waals surface area contributed by atoms with Crippen LogP contribution in [0.3, 0.4) is 0 Å². The number of nitrogens with one attached hydrogen (secondary N) is 1. The van der Waals surface area contributed by atoms with Gasteiger partial charge in [0.2, 0.25) is 0 Å². The third kappa shape index (κ3) is 4.67. The maximum Gasteiger partial charge on any atom is 0.407 e. The molecular weight excluding hydrogens is 384 g/mol. The molecule has 0 radical (unpaired) electrons. The summed E-state index contributed by atoms with van der Waals surface area (Å²) in [6.07, 6.45) is 3.03. The lowest BCUT2D eigenvalue weighted by Gasteiger charge is -2.33. The number of ether oxygens (including phenoxy) is 1. The fourth-order valence-electron chi connectivity index (χ4n) is 3.55. The number of carbonyl (C=O) groups is 1. The van der Waals surface area contributed by atoms with Crippen LogP contribution in [0.25, 0.3) is 20.7 Å². The van der Waals surface area contributed by atoms with E-state index >= 15 is 0 Å². The highest BCUT2D eigenvalue weighted by atomic mass is 32.1. The Kier molecular flexibility index (Phi) is 5.41. The molecule has 1 aromatic carbocycles. The summed E-state index contributed by atoms with van der Waals surface area (Å²) in [5.74, 6) is 0.976. The maximum absolute atomic E-state index is 12.0. The summed E-state index contributed by atoms with van der Waals surface area (Å²) < 4.78 is 5.37. The largest absolute Gasteiger partial charge is 0.444 e. The maximum atomic E-state index is 12.0. The van der Waals surface area contributed by atoms with Crippen molar-refractivity contribution in [2.24, 2.45) is 0 Å². The van der Waals surface area contributed by atoms with Crippen molar-refractivity contribution in [1.82, 2.24) is 15.3 Å². The average molecular weight is 411 g/mol. The fraction of sp³-hybridized carbons (Fsp3) is 0.409. The molecule has 1 fully saturated rings. The quantitative estimate of drug-likeness (QED) is 0.668. The minimum Gasteiger partial charge on any atom is -0.444 e. The first-order valence-electron chi connectivity index (χ1n) is 9.93. The Balaban J connectivity index is 1.46. The van der Waals surface area contributed by atoms with Gasteiger partial charge < -0.3 is 15.0 Å². The average Bonchev–Trinajstić information content (AvgIpc) is 3.12. The second-order valence-corrected chi connectivity index (χ2v) is 9.33. The standard InChI is InChI=1S/C22H26N4O2S/c1-22(2,3)28-21(27)25-16-9-11-26(12-10-16)19-17-13-18(15-7-5-4-6-8-15)29-20(17)24-14-23-19/h4-8,13-14,16H,9-12H2,1-3H3,(H,25,27). The number of hydrogen-bond donors (Lipinski definition) is 1. The lowest BCUT2D eigenvalue weighted by Crippen LogP contribution is -2.46. The molecule has 1 aliphatic heterocycles. The molecule has 0 atom stereocenters. The number of fused-ring (bicyclic) bond motifs is 1. The van der Waals surface area contributed by atoms with Gasteiger partial charge in [-0.3, -0.25) is 0 Å². The van der Waals surface area contributed by atoms with E-state index in [1.165, 1.54) is 10.4 Å². The zero-order chi connectivity index (χ0) is 20.4. The number of carbonyl (C=O) groups excluding carboxylic acids is 1. The van der Waals surface area contributed by atoms with E-state index in [0.717, 1.165) is 42.0 Å². The predicted molar refractivity (Wildman–Crippen MR) is 117 cm³/mol. The molecule has 0 saturated carbocycles. The first-order valence-corrected chi connectivity index (χ1v) is 10.7. The summed E-state index contributed by atoms with van der Waals surface area (Å²) in [5.41, 5.74) is 0.717. The highest BCUT2D eigenvalue weighted by molar-refractivity contribution is 7.21. The molecule has 0 unspecified atom stereocenters. The van der Waals surface area contributed by atoms with Crippen molar-refractivity contribution in [2.45, 2.75) is 45.3 Å². The highest BCUT2D eigenvalue weighted by Gasteiger charge is 2.25. The number of alkyl carbamates (subject to hydrolysis) is 1. The van der Waals surface area contributed by atoms with Crippen LogP contribution in [0.1, 0.15) is 33.6 Å². The third-order valence-corrected chi connectivity index (χ3v) is 5.97. The lowest BCUT2D eigenvalue weighted by atomic mass is 10.0. The number of nitrogens with zero attached hydrogens (tertiary/aromatic N) is 3.